The summed E-state index contributed by atoms with van der Waals surface area (Å²) >= 11 is 3.27. The molecule has 0 saturated heterocycles. The summed E-state index contributed by atoms with van der Waals surface area (Å²) in [6, 6.07) is 5.51. The van der Waals surface area contributed by atoms with Gasteiger partial charge in [0.2, 0.25) is 0 Å². The molecule has 1 aromatic rings. The van der Waals surface area contributed by atoms with Crippen LogP contribution in [0.25, 0.3) is 0 Å². The normalized spacial score (nSPS) is 10.1. The Bertz CT molecular complexity index is 312. The highest BCUT2D eigenvalue weighted by atomic mass is 79.9. The van der Waals surface area contributed by atoms with Gasteiger partial charge in [-0.05, 0) is 46.6 Å². The van der Waals surface area contributed by atoms with Crippen LogP contribution in [0, 0.1) is 0 Å². The van der Waals surface area contributed by atoms with Crippen LogP contribution in [0.2, 0.25) is 0 Å². The zero-order valence-corrected chi connectivity index (χ0v) is 9.55. The van der Waals surface area contributed by atoms with E-state index in [-0.39, 0.29) is 5.75 Å². The van der Waals surface area contributed by atoms with Crippen molar-refractivity contribution in [1.29, 1.82) is 0 Å². The first-order valence-corrected chi connectivity index (χ1v) is 5.32. The first-order chi connectivity index (χ1) is 6.74. The average Bonchev–Trinajstić information content (AvgIpc) is 2.18. The van der Waals surface area contributed by atoms with E-state index in [1.165, 1.54) is 0 Å². The number of hydrogen-bond acceptors (Lipinski definition) is 2. The highest BCUT2D eigenvalue weighted by Gasteiger charge is 1.98. The third-order valence-corrected chi connectivity index (χ3v) is 2.50. The van der Waals surface area contributed by atoms with Gasteiger partial charge >= 0.3 is 0 Å². The molecule has 0 unspecified atom stereocenters. The lowest BCUT2D eigenvalue weighted by Gasteiger charge is -2.04. The first-order valence-electron chi connectivity index (χ1n) is 4.53. The van der Waals surface area contributed by atoms with Crippen LogP contribution in [0.1, 0.15) is 12.0 Å². The van der Waals surface area contributed by atoms with Gasteiger partial charge in [-0.1, -0.05) is 12.1 Å². The molecule has 0 bridgehead atoms. The zero-order valence-electron chi connectivity index (χ0n) is 7.96. The van der Waals surface area contributed by atoms with Crippen molar-refractivity contribution in [2.75, 3.05) is 6.54 Å². The number of phenolic OH excluding ortho intramolecular Hbond substituents is 1. The fourth-order valence-electron chi connectivity index (χ4n) is 1.10. The molecule has 0 fully saturated rings. The number of aromatic hydroxyl groups is 1. The molecule has 0 heterocycles. The van der Waals surface area contributed by atoms with Crippen molar-refractivity contribution in [1.82, 2.24) is 5.32 Å². The summed E-state index contributed by atoms with van der Waals surface area (Å²) in [5.41, 5.74) is 1.15. The number of hydrogen-bond donors (Lipinski definition) is 2. The van der Waals surface area contributed by atoms with Crippen molar-refractivity contribution in [2.45, 2.75) is 13.0 Å². The van der Waals surface area contributed by atoms with E-state index in [9.17, 15) is 5.11 Å². The molecule has 1 rings (SSSR count). The van der Waals surface area contributed by atoms with E-state index in [2.05, 4.69) is 27.8 Å². The van der Waals surface area contributed by atoms with Crippen molar-refractivity contribution in [3.05, 3.63) is 40.9 Å². The Balaban J connectivity index is 2.43. The minimum Gasteiger partial charge on any atom is -0.507 e. The molecular weight excluding hydrogens is 242 g/mol. The molecule has 2 nitrogen and oxygen atoms in total. The molecule has 3 heteroatoms. The minimum absolute atomic E-state index is 0.278. The Labute approximate surface area is 92.8 Å². The maximum Gasteiger partial charge on any atom is 0.129 e. The molecule has 0 radical (unpaired) electrons. The second-order valence-electron chi connectivity index (χ2n) is 3.04. The van der Waals surface area contributed by atoms with Gasteiger partial charge in [-0.15, -0.1) is 6.58 Å². The predicted octanol–water partition coefficient (Wildman–Crippen LogP) is 2.82. The molecule has 0 aliphatic carbocycles. The van der Waals surface area contributed by atoms with Crippen molar-refractivity contribution < 1.29 is 5.11 Å². The standard InChI is InChI=1S/C11H14BrNO/c1-2-3-6-13-8-9-4-5-11(14)10(12)7-9/h2,4-5,7,13-14H,1,3,6,8H2. The predicted molar refractivity (Wildman–Crippen MR) is 62.3 cm³/mol. The lowest BCUT2D eigenvalue weighted by molar-refractivity contribution is 0.471. The molecular formula is C11H14BrNO. The van der Waals surface area contributed by atoms with Crippen LogP contribution < -0.4 is 5.32 Å². The molecule has 2 N–H and O–H groups in total. The maximum atomic E-state index is 9.27. The molecule has 0 aliphatic rings. The summed E-state index contributed by atoms with van der Waals surface area (Å²) < 4.78 is 0.737. The van der Waals surface area contributed by atoms with Gasteiger partial charge in [0, 0.05) is 6.54 Å². The number of halogens is 1. The number of benzene rings is 1. The van der Waals surface area contributed by atoms with Gasteiger partial charge in [0.15, 0.2) is 0 Å². The van der Waals surface area contributed by atoms with Crippen LogP contribution >= 0.6 is 15.9 Å². The number of phenols is 1. The second kappa shape index (κ2) is 5.83. The molecule has 0 spiro atoms. The van der Waals surface area contributed by atoms with Gasteiger partial charge in [-0.3, -0.25) is 0 Å². The summed E-state index contributed by atoms with van der Waals surface area (Å²) in [7, 11) is 0. The van der Waals surface area contributed by atoms with Gasteiger partial charge in [-0.2, -0.15) is 0 Å². The number of rotatable bonds is 5. The second-order valence-corrected chi connectivity index (χ2v) is 3.89. The third kappa shape index (κ3) is 3.52. The van der Waals surface area contributed by atoms with Crippen LogP contribution in [0.4, 0.5) is 0 Å². The summed E-state index contributed by atoms with van der Waals surface area (Å²) in [5.74, 6) is 0.278. The van der Waals surface area contributed by atoms with Gasteiger partial charge < -0.3 is 10.4 Å². The zero-order chi connectivity index (χ0) is 10.4. The van der Waals surface area contributed by atoms with Crippen molar-refractivity contribution in [2.24, 2.45) is 0 Å². The van der Waals surface area contributed by atoms with Gasteiger partial charge in [0.25, 0.3) is 0 Å². The molecule has 14 heavy (non-hydrogen) atoms. The Morgan fingerprint density at radius 3 is 2.93 bits per heavy atom. The van der Waals surface area contributed by atoms with Crippen LogP contribution in [0.5, 0.6) is 5.75 Å². The minimum atomic E-state index is 0.278. The molecule has 0 saturated carbocycles. The monoisotopic (exact) mass is 255 g/mol. The highest BCUT2D eigenvalue weighted by molar-refractivity contribution is 9.10. The van der Waals surface area contributed by atoms with E-state index in [0.29, 0.717) is 0 Å². The summed E-state index contributed by atoms with van der Waals surface area (Å²) in [6.45, 7) is 5.40. The van der Waals surface area contributed by atoms with E-state index in [0.717, 1.165) is 29.5 Å². The Morgan fingerprint density at radius 2 is 2.29 bits per heavy atom. The van der Waals surface area contributed by atoms with Crippen molar-refractivity contribution in [3.63, 3.8) is 0 Å². The molecule has 76 valence electrons. The molecule has 0 amide bonds. The van der Waals surface area contributed by atoms with Crippen LogP contribution in [-0.2, 0) is 6.54 Å². The van der Waals surface area contributed by atoms with Gasteiger partial charge in [0.05, 0.1) is 4.47 Å². The summed E-state index contributed by atoms with van der Waals surface area (Å²) in [5, 5.41) is 12.5. The lowest BCUT2D eigenvalue weighted by atomic mass is 10.2. The fraction of sp³-hybridized carbons (Fsp3) is 0.273. The first kappa shape index (κ1) is 11.3. The van der Waals surface area contributed by atoms with Gasteiger partial charge in [0.1, 0.15) is 5.75 Å². The highest BCUT2D eigenvalue weighted by Crippen LogP contribution is 2.23. The molecule has 1 aromatic carbocycles. The van der Waals surface area contributed by atoms with Crippen LogP contribution in [0.15, 0.2) is 35.3 Å². The van der Waals surface area contributed by atoms with E-state index in [1.807, 2.05) is 18.2 Å². The van der Waals surface area contributed by atoms with Crippen molar-refractivity contribution >= 4 is 15.9 Å². The quantitative estimate of drug-likeness (QED) is 0.627. The summed E-state index contributed by atoms with van der Waals surface area (Å²) in [4.78, 5) is 0. The van der Waals surface area contributed by atoms with Crippen molar-refractivity contribution in [3.8, 4) is 5.75 Å². The van der Waals surface area contributed by atoms with E-state index in [1.54, 1.807) is 6.07 Å². The molecule has 0 aliphatic heterocycles. The van der Waals surface area contributed by atoms with E-state index in [4.69, 9.17) is 0 Å². The lowest BCUT2D eigenvalue weighted by Crippen LogP contribution is -2.13. The molecule has 0 atom stereocenters. The Hall–Kier alpha value is -0.800. The fourth-order valence-corrected chi connectivity index (χ4v) is 1.52. The van der Waals surface area contributed by atoms with Crippen LogP contribution in [0.3, 0.4) is 0 Å². The maximum absolute atomic E-state index is 9.27. The van der Waals surface area contributed by atoms with Crippen LogP contribution in [-0.4, -0.2) is 11.7 Å². The SMILES string of the molecule is C=CCCNCc1ccc(O)c(Br)c1. The largest absolute Gasteiger partial charge is 0.507 e. The van der Waals surface area contributed by atoms with E-state index < -0.39 is 0 Å². The average molecular weight is 256 g/mol. The van der Waals surface area contributed by atoms with Gasteiger partial charge in [-0.25, -0.2) is 0 Å². The van der Waals surface area contributed by atoms with E-state index >= 15 is 0 Å². The Morgan fingerprint density at radius 1 is 1.50 bits per heavy atom. The Kier molecular flexibility index (Phi) is 4.70. The third-order valence-electron chi connectivity index (χ3n) is 1.87. The smallest absolute Gasteiger partial charge is 0.129 e. The summed E-state index contributed by atoms with van der Waals surface area (Å²) in [6.07, 6.45) is 2.86. The number of nitrogens with one attached hydrogen (secondary N) is 1. The topological polar surface area (TPSA) is 32.3 Å². The molecule has 0 aromatic heterocycles.